The molecule has 0 unspecified atom stereocenters. The van der Waals surface area contributed by atoms with Crippen LogP contribution in [0.15, 0.2) is 17.0 Å². The topological polar surface area (TPSA) is 63.7 Å². The second-order valence-electron chi connectivity index (χ2n) is 4.24. The highest BCUT2D eigenvalue weighted by Gasteiger charge is 2.20. The molecule has 8 heteroatoms. The van der Waals surface area contributed by atoms with Crippen molar-refractivity contribution in [2.75, 3.05) is 27.3 Å². The van der Waals surface area contributed by atoms with Crippen LogP contribution in [0.3, 0.4) is 0 Å². The second kappa shape index (κ2) is 6.76. The van der Waals surface area contributed by atoms with Crippen molar-refractivity contribution in [3.05, 3.63) is 28.3 Å². The highest BCUT2D eigenvalue weighted by molar-refractivity contribution is 8.13. The zero-order valence-corrected chi connectivity index (χ0v) is 13.6. The predicted octanol–water partition coefficient (Wildman–Crippen LogP) is 2.29. The number of ether oxygens (including phenoxy) is 1. The minimum atomic E-state index is -3.95. The first-order valence-electron chi connectivity index (χ1n) is 5.67. The molecule has 0 saturated carbocycles. The molecule has 0 N–H and O–H groups in total. The zero-order valence-electron chi connectivity index (χ0n) is 11.3. The van der Waals surface area contributed by atoms with Crippen molar-refractivity contribution in [1.82, 2.24) is 4.90 Å². The predicted molar refractivity (Wildman–Crippen MR) is 78.1 cm³/mol. The summed E-state index contributed by atoms with van der Waals surface area (Å²) in [5, 5.41) is 0.176. The molecular weight excluding hydrogens is 325 g/mol. The van der Waals surface area contributed by atoms with Gasteiger partial charge in [-0.15, -0.1) is 0 Å². The molecule has 1 aromatic rings. The molecule has 1 rings (SSSR count). The van der Waals surface area contributed by atoms with Gasteiger partial charge in [0.15, 0.2) is 0 Å². The fraction of sp³-hybridized carbons (Fsp3) is 0.417. The van der Waals surface area contributed by atoms with E-state index in [1.54, 1.807) is 14.0 Å². The van der Waals surface area contributed by atoms with Crippen molar-refractivity contribution in [2.24, 2.45) is 0 Å². The van der Waals surface area contributed by atoms with Crippen molar-refractivity contribution in [3.8, 4) is 0 Å². The van der Waals surface area contributed by atoms with Gasteiger partial charge >= 0.3 is 0 Å². The highest BCUT2D eigenvalue weighted by atomic mass is 35.7. The van der Waals surface area contributed by atoms with Crippen molar-refractivity contribution >= 4 is 37.2 Å². The van der Waals surface area contributed by atoms with Gasteiger partial charge in [0.1, 0.15) is 0 Å². The number of likely N-dealkylation sites (N-methyl/N-ethyl adjacent to an activating group) is 1. The number of amides is 1. The van der Waals surface area contributed by atoms with Crippen LogP contribution in [-0.2, 0) is 13.8 Å². The lowest BCUT2D eigenvalue weighted by atomic mass is 10.1. The summed E-state index contributed by atoms with van der Waals surface area (Å²) >= 11 is 5.96. The molecule has 0 aliphatic rings. The maximum atomic E-state index is 12.3. The van der Waals surface area contributed by atoms with E-state index < -0.39 is 9.05 Å². The third-order valence-corrected chi connectivity index (χ3v) is 4.53. The van der Waals surface area contributed by atoms with Gasteiger partial charge in [0.05, 0.1) is 11.5 Å². The van der Waals surface area contributed by atoms with Crippen LogP contribution in [-0.4, -0.2) is 46.5 Å². The van der Waals surface area contributed by atoms with E-state index in [1.807, 2.05) is 0 Å². The van der Waals surface area contributed by atoms with Crippen molar-refractivity contribution in [2.45, 2.75) is 11.8 Å². The number of methoxy groups -OCH3 is 1. The lowest BCUT2D eigenvalue weighted by Crippen LogP contribution is -2.30. The molecule has 0 heterocycles. The number of benzene rings is 1. The van der Waals surface area contributed by atoms with Crippen molar-refractivity contribution in [3.63, 3.8) is 0 Å². The molecule has 1 aromatic carbocycles. The Morgan fingerprint density at radius 2 is 2.00 bits per heavy atom. The van der Waals surface area contributed by atoms with Gasteiger partial charge in [0, 0.05) is 42.0 Å². The summed E-state index contributed by atoms with van der Waals surface area (Å²) in [4.78, 5) is 13.5. The van der Waals surface area contributed by atoms with Crippen LogP contribution < -0.4 is 0 Å². The molecule has 0 bridgehead atoms. The van der Waals surface area contributed by atoms with E-state index in [4.69, 9.17) is 27.0 Å². The van der Waals surface area contributed by atoms with Crippen LogP contribution >= 0.6 is 22.3 Å². The SMILES string of the molecule is COCCN(C)C(=O)c1cc(S(=O)(=O)Cl)cc(Cl)c1C. The normalized spacial score (nSPS) is 11.4. The first-order valence-corrected chi connectivity index (χ1v) is 8.36. The number of hydrogen-bond donors (Lipinski definition) is 0. The molecule has 0 radical (unpaired) electrons. The Balaban J connectivity index is 3.24. The molecule has 20 heavy (non-hydrogen) atoms. The first-order chi connectivity index (χ1) is 9.18. The molecule has 0 fully saturated rings. The van der Waals surface area contributed by atoms with Crippen molar-refractivity contribution in [1.29, 1.82) is 0 Å². The average Bonchev–Trinajstić information content (AvgIpc) is 2.36. The Morgan fingerprint density at radius 1 is 1.40 bits per heavy atom. The number of carbonyl (C=O) groups is 1. The minimum absolute atomic E-state index is 0.176. The molecule has 0 spiro atoms. The van der Waals surface area contributed by atoms with Crippen LogP contribution in [0.1, 0.15) is 15.9 Å². The van der Waals surface area contributed by atoms with E-state index in [0.717, 1.165) is 0 Å². The fourth-order valence-corrected chi connectivity index (χ4v) is 2.62. The lowest BCUT2D eigenvalue weighted by Gasteiger charge is -2.18. The monoisotopic (exact) mass is 339 g/mol. The van der Waals surface area contributed by atoms with E-state index >= 15 is 0 Å². The van der Waals surface area contributed by atoms with Gasteiger partial charge < -0.3 is 9.64 Å². The van der Waals surface area contributed by atoms with Crippen LogP contribution in [0.25, 0.3) is 0 Å². The maximum absolute atomic E-state index is 12.3. The van der Waals surface area contributed by atoms with E-state index in [-0.39, 0.29) is 21.4 Å². The Labute approximate surface area is 127 Å². The Kier molecular flexibility index (Phi) is 5.82. The fourth-order valence-electron chi connectivity index (χ4n) is 1.55. The summed E-state index contributed by atoms with van der Waals surface area (Å²) in [6.45, 7) is 2.40. The van der Waals surface area contributed by atoms with Crippen molar-refractivity contribution < 1.29 is 17.9 Å². The minimum Gasteiger partial charge on any atom is -0.383 e. The van der Waals surface area contributed by atoms with Gasteiger partial charge in [-0.3, -0.25) is 4.79 Å². The van der Waals surface area contributed by atoms with Crippen LogP contribution in [0, 0.1) is 6.92 Å². The van der Waals surface area contributed by atoms with Crippen LogP contribution in [0.5, 0.6) is 0 Å². The third kappa shape index (κ3) is 4.09. The van der Waals surface area contributed by atoms with E-state index in [0.29, 0.717) is 18.7 Å². The summed E-state index contributed by atoms with van der Waals surface area (Å²) in [6.07, 6.45) is 0. The molecule has 0 aliphatic heterocycles. The maximum Gasteiger partial charge on any atom is 0.261 e. The summed E-state index contributed by atoms with van der Waals surface area (Å²) in [7, 11) is 4.47. The van der Waals surface area contributed by atoms with Gasteiger partial charge in [-0.25, -0.2) is 8.42 Å². The lowest BCUT2D eigenvalue weighted by molar-refractivity contribution is 0.0743. The van der Waals surface area contributed by atoms with E-state index in [1.165, 1.54) is 24.1 Å². The number of rotatable bonds is 5. The molecule has 0 aliphatic carbocycles. The molecule has 5 nitrogen and oxygen atoms in total. The van der Waals surface area contributed by atoms with Gasteiger partial charge in [0.2, 0.25) is 0 Å². The van der Waals surface area contributed by atoms with Crippen LogP contribution in [0.2, 0.25) is 5.02 Å². The number of carbonyl (C=O) groups excluding carboxylic acids is 1. The molecule has 112 valence electrons. The third-order valence-electron chi connectivity index (χ3n) is 2.81. The zero-order chi connectivity index (χ0) is 15.5. The first kappa shape index (κ1) is 17.2. The number of halogens is 2. The molecular formula is C12H15Cl2NO4S. The molecule has 1 amide bonds. The summed E-state index contributed by atoms with van der Waals surface area (Å²) in [5.41, 5.74) is 0.709. The van der Waals surface area contributed by atoms with Crippen LogP contribution in [0.4, 0.5) is 0 Å². The summed E-state index contributed by atoms with van der Waals surface area (Å²) < 4.78 is 27.6. The van der Waals surface area contributed by atoms with E-state index in [9.17, 15) is 13.2 Å². The second-order valence-corrected chi connectivity index (χ2v) is 7.21. The van der Waals surface area contributed by atoms with Gasteiger partial charge in [-0.05, 0) is 24.6 Å². The van der Waals surface area contributed by atoms with Gasteiger partial charge in [-0.2, -0.15) is 0 Å². The average molecular weight is 340 g/mol. The Hall–Kier alpha value is -0.820. The van der Waals surface area contributed by atoms with Gasteiger partial charge in [0.25, 0.3) is 15.0 Å². The molecule has 0 atom stereocenters. The smallest absolute Gasteiger partial charge is 0.261 e. The Bertz CT molecular complexity index is 616. The standard InChI is InChI=1S/C12H15Cl2NO4S/c1-8-10(12(16)15(2)4-5-19-3)6-9(7-11(8)13)20(14,17)18/h6-7H,4-5H2,1-3H3. The largest absolute Gasteiger partial charge is 0.383 e. The van der Waals surface area contributed by atoms with E-state index in [2.05, 4.69) is 0 Å². The van der Waals surface area contributed by atoms with Gasteiger partial charge in [-0.1, -0.05) is 11.6 Å². The molecule has 0 aromatic heterocycles. The number of hydrogen-bond acceptors (Lipinski definition) is 4. The Morgan fingerprint density at radius 3 is 2.50 bits per heavy atom. The number of nitrogens with zero attached hydrogens (tertiary/aromatic N) is 1. The summed E-state index contributed by atoms with van der Waals surface area (Å²) in [6, 6.07) is 2.46. The highest BCUT2D eigenvalue weighted by Crippen LogP contribution is 2.27. The summed E-state index contributed by atoms with van der Waals surface area (Å²) in [5.74, 6) is -0.344. The molecule has 0 saturated heterocycles. The quantitative estimate of drug-likeness (QED) is 0.772.